The average Bonchev–Trinajstić information content (AvgIpc) is 2.84. The van der Waals surface area contributed by atoms with Crippen molar-refractivity contribution in [3.05, 3.63) is 22.8 Å². The van der Waals surface area contributed by atoms with Crippen LogP contribution in [0.1, 0.15) is 19.3 Å². The smallest absolute Gasteiger partial charge is 0.238 e. The van der Waals surface area contributed by atoms with Gasteiger partial charge >= 0.3 is 0 Å². The SMILES string of the molecule is O=C1C2CCCC2C(=O)N1c1cccc(Br)n1. The van der Waals surface area contributed by atoms with Gasteiger partial charge in [0.25, 0.3) is 0 Å². The molecule has 5 heteroatoms. The monoisotopic (exact) mass is 294 g/mol. The lowest BCUT2D eigenvalue weighted by atomic mass is 10.00. The molecule has 0 spiro atoms. The highest BCUT2D eigenvalue weighted by Gasteiger charge is 2.50. The minimum absolute atomic E-state index is 0.0805. The number of halogens is 1. The van der Waals surface area contributed by atoms with E-state index in [2.05, 4.69) is 20.9 Å². The molecule has 0 radical (unpaired) electrons. The van der Waals surface area contributed by atoms with Crippen LogP contribution in [0.15, 0.2) is 22.8 Å². The van der Waals surface area contributed by atoms with Crippen LogP contribution in [-0.4, -0.2) is 16.8 Å². The third kappa shape index (κ3) is 1.60. The minimum Gasteiger partial charge on any atom is -0.274 e. The summed E-state index contributed by atoms with van der Waals surface area (Å²) in [7, 11) is 0. The molecule has 0 N–H and O–H groups in total. The minimum atomic E-state index is -0.108. The summed E-state index contributed by atoms with van der Waals surface area (Å²) in [4.78, 5) is 29.8. The van der Waals surface area contributed by atoms with Gasteiger partial charge in [0.2, 0.25) is 11.8 Å². The first kappa shape index (κ1) is 10.9. The van der Waals surface area contributed by atoms with Crippen LogP contribution in [0.5, 0.6) is 0 Å². The van der Waals surface area contributed by atoms with Crippen molar-refractivity contribution < 1.29 is 9.59 Å². The quantitative estimate of drug-likeness (QED) is 0.589. The molecular formula is C12H11BrN2O2. The molecule has 0 bridgehead atoms. The zero-order chi connectivity index (χ0) is 12.0. The number of imide groups is 1. The average molecular weight is 295 g/mol. The van der Waals surface area contributed by atoms with Gasteiger partial charge < -0.3 is 0 Å². The molecule has 3 rings (SSSR count). The Balaban J connectivity index is 1.99. The van der Waals surface area contributed by atoms with Crippen molar-refractivity contribution in [1.82, 2.24) is 4.98 Å². The van der Waals surface area contributed by atoms with Crippen molar-refractivity contribution in [2.24, 2.45) is 11.8 Å². The van der Waals surface area contributed by atoms with Crippen LogP contribution in [0.4, 0.5) is 5.82 Å². The van der Waals surface area contributed by atoms with E-state index in [4.69, 9.17) is 0 Å². The summed E-state index contributed by atoms with van der Waals surface area (Å²) in [5.41, 5.74) is 0. The van der Waals surface area contributed by atoms with Gasteiger partial charge in [0.1, 0.15) is 10.4 Å². The van der Waals surface area contributed by atoms with Gasteiger partial charge in [-0.25, -0.2) is 9.88 Å². The lowest BCUT2D eigenvalue weighted by Crippen LogP contribution is -2.32. The zero-order valence-corrected chi connectivity index (χ0v) is 10.7. The van der Waals surface area contributed by atoms with Gasteiger partial charge in [-0.05, 0) is 40.9 Å². The second kappa shape index (κ2) is 3.91. The van der Waals surface area contributed by atoms with Gasteiger partial charge in [0, 0.05) is 0 Å². The molecule has 2 heterocycles. The fourth-order valence-corrected chi connectivity index (χ4v) is 3.07. The summed E-state index contributed by atoms with van der Waals surface area (Å²) in [6.07, 6.45) is 2.64. The van der Waals surface area contributed by atoms with E-state index in [0.29, 0.717) is 10.4 Å². The number of hydrogen-bond acceptors (Lipinski definition) is 3. The fraction of sp³-hybridized carbons (Fsp3) is 0.417. The summed E-state index contributed by atoms with van der Waals surface area (Å²) in [5.74, 6) is 0.0570. The Kier molecular flexibility index (Phi) is 2.50. The number of nitrogens with zero attached hydrogens (tertiary/aromatic N) is 2. The summed E-state index contributed by atoms with van der Waals surface area (Å²) in [6.45, 7) is 0. The van der Waals surface area contributed by atoms with Crippen LogP contribution in [0.25, 0.3) is 0 Å². The molecule has 2 unspecified atom stereocenters. The van der Waals surface area contributed by atoms with E-state index in [1.54, 1.807) is 18.2 Å². The summed E-state index contributed by atoms with van der Waals surface area (Å²) in [5, 5.41) is 0. The number of fused-ring (bicyclic) bond motifs is 1. The summed E-state index contributed by atoms with van der Waals surface area (Å²) >= 11 is 3.25. The zero-order valence-electron chi connectivity index (χ0n) is 9.10. The van der Waals surface area contributed by atoms with E-state index in [9.17, 15) is 9.59 Å². The van der Waals surface area contributed by atoms with E-state index in [1.165, 1.54) is 4.90 Å². The summed E-state index contributed by atoms with van der Waals surface area (Å²) < 4.78 is 0.632. The van der Waals surface area contributed by atoms with Crippen LogP contribution >= 0.6 is 15.9 Å². The van der Waals surface area contributed by atoms with E-state index in [0.717, 1.165) is 19.3 Å². The maximum absolute atomic E-state index is 12.2. The number of rotatable bonds is 1. The van der Waals surface area contributed by atoms with Crippen molar-refractivity contribution >= 4 is 33.6 Å². The molecule has 2 fully saturated rings. The molecule has 1 aliphatic heterocycles. The van der Waals surface area contributed by atoms with Gasteiger partial charge in [-0.3, -0.25) is 9.59 Å². The molecule has 0 aromatic carbocycles. The molecule has 17 heavy (non-hydrogen) atoms. The first-order valence-electron chi connectivity index (χ1n) is 5.69. The highest BCUT2D eigenvalue weighted by molar-refractivity contribution is 9.10. The largest absolute Gasteiger partial charge is 0.274 e. The molecule has 1 aromatic rings. The summed E-state index contributed by atoms with van der Waals surface area (Å²) in [6, 6.07) is 5.25. The maximum Gasteiger partial charge on any atom is 0.238 e. The van der Waals surface area contributed by atoms with Crippen molar-refractivity contribution in [3.8, 4) is 0 Å². The molecule has 2 atom stereocenters. The third-order valence-corrected chi connectivity index (χ3v) is 3.96. The van der Waals surface area contributed by atoms with Crippen LogP contribution in [0.3, 0.4) is 0 Å². The molecule has 1 aliphatic carbocycles. The van der Waals surface area contributed by atoms with Gasteiger partial charge in [-0.2, -0.15) is 0 Å². The van der Waals surface area contributed by atoms with Gasteiger partial charge in [0.15, 0.2) is 0 Å². The van der Waals surface area contributed by atoms with Crippen molar-refractivity contribution in [3.63, 3.8) is 0 Å². The van der Waals surface area contributed by atoms with Crippen LogP contribution in [0, 0.1) is 11.8 Å². The van der Waals surface area contributed by atoms with Crippen LogP contribution in [-0.2, 0) is 9.59 Å². The maximum atomic E-state index is 12.2. The number of carbonyl (C=O) groups excluding carboxylic acids is 2. The van der Waals surface area contributed by atoms with Crippen molar-refractivity contribution in [2.75, 3.05) is 4.90 Å². The van der Waals surface area contributed by atoms with Gasteiger partial charge in [-0.1, -0.05) is 12.5 Å². The van der Waals surface area contributed by atoms with E-state index in [-0.39, 0.29) is 23.7 Å². The molecule has 2 aliphatic rings. The number of amides is 2. The molecule has 1 saturated heterocycles. The Morgan fingerprint density at radius 2 is 1.82 bits per heavy atom. The topological polar surface area (TPSA) is 50.3 Å². The van der Waals surface area contributed by atoms with E-state index in [1.807, 2.05) is 0 Å². The first-order valence-corrected chi connectivity index (χ1v) is 6.48. The van der Waals surface area contributed by atoms with Gasteiger partial charge in [-0.15, -0.1) is 0 Å². The molecule has 1 aromatic heterocycles. The van der Waals surface area contributed by atoms with Crippen LogP contribution < -0.4 is 4.90 Å². The normalized spacial score (nSPS) is 27.7. The Labute approximate surface area is 107 Å². The Bertz CT molecular complexity index is 481. The van der Waals surface area contributed by atoms with E-state index < -0.39 is 0 Å². The Hall–Kier alpha value is -1.23. The van der Waals surface area contributed by atoms with Crippen molar-refractivity contribution in [1.29, 1.82) is 0 Å². The fourth-order valence-electron chi connectivity index (χ4n) is 2.74. The Morgan fingerprint density at radius 3 is 2.41 bits per heavy atom. The van der Waals surface area contributed by atoms with Crippen LogP contribution in [0.2, 0.25) is 0 Å². The molecular weight excluding hydrogens is 284 g/mol. The van der Waals surface area contributed by atoms with E-state index >= 15 is 0 Å². The van der Waals surface area contributed by atoms with Crippen molar-refractivity contribution in [2.45, 2.75) is 19.3 Å². The lowest BCUT2D eigenvalue weighted by molar-refractivity contribution is -0.122. The molecule has 4 nitrogen and oxygen atoms in total. The highest BCUT2D eigenvalue weighted by atomic mass is 79.9. The number of aromatic nitrogens is 1. The standard InChI is InChI=1S/C12H11BrN2O2/c13-9-5-2-6-10(14-9)15-11(16)7-3-1-4-8(7)12(15)17/h2,5-8H,1,3-4H2. The number of pyridine rings is 1. The molecule has 88 valence electrons. The first-order chi connectivity index (χ1) is 8.18. The Morgan fingerprint density at radius 1 is 1.18 bits per heavy atom. The molecule has 1 saturated carbocycles. The second-order valence-corrected chi connectivity index (χ2v) is 5.29. The predicted molar refractivity (Wildman–Crippen MR) is 65.3 cm³/mol. The molecule has 2 amide bonds. The number of anilines is 1. The number of carbonyl (C=O) groups is 2. The number of hydrogen-bond donors (Lipinski definition) is 0. The predicted octanol–water partition coefficient (Wildman–Crippen LogP) is 2.13. The lowest BCUT2D eigenvalue weighted by Gasteiger charge is -2.14. The van der Waals surface area contributed by atoms with Gasteiger partial charge in [0.05, 0.1) is 11.8 Å². The second-order valence-electron chi connectivity index (χ2n) is 4.47. The highest BCUT2D eigenvalue weighted by Crippen LogP contribution is 2.41. The third-order valence-electron chi connectivity index (χ3n) is 3.52.